The van der Waals surface area contributed by atoms with E-state index in [9.17, 15) is 19.5 Å². The van der Waals surface area contributed by atoms with Crippen molar-refractivity contribution in [1.82, 2.24) is 0 Å². The van der Waals surface area contributed by atoms with Crippen LogP contribution in [0.5, 0.6) is 0 Å². The fraction of sp³-hybridized carbons (Fsp3) is 0. The van der Waals surface area contributed by atoms with Gasteiger partial charge in [-0.25, -0.2) is 9.59 Å². The molecule has 0 radical (unpaired) electrons. The third kappa shape index (κ3) is 3.34. The van der Waals surface area contributed by atoms with Crippen LogP contribution in [-0.4, -0.2) is 28.1 Å². The largest absolute Gasteiger partial charge is 1.00 e. The number of carbonyl (C=O) groups is 3. The second-order valence-electron chi connectivity index (χ2n) is 2.70. The molecule has 1 rings (SSSR count). The van der Waals surface area contributed by atoms with E-state index in [2.05, 4.69) is 0 Å². The van der Waals surface area contributed by atoms with Gasteiger partial charge in [-0.1, -0.05) is 0 Å². The molecule has 0 fully saturated rings. The zero-order valence-electron chi connectivity index (χ0n) is 8.26. The monoisotopic (exact) mass is 232 g/mol. The molecule has 0 aliphatic heterocycles. The fourth-order valence-electron chi connectivity index (χ4n) is 0.992. The van der Waals surface area contributed by atoms with Gasteiger partial charge < -0.3 is 20.1 Å². The Balaban J connectivity index is 0.00000225. The first kappa shape index (κ1) is 14.6. The van der Waals surface area contributed by atoms with Gasteiger partial charge in [-0.05, 0) is 23.8 Å². The molecule has 0 bridgehead atoms. The second kappa shape index (κ2) is 5.64. The fourth-order valence-corrected chi connectivity index (χ4v) is 0.992. The van der Waals surface area contributed by atoms with E-state index in [1.54, 1.807) is 0 Å². The molecule has 0 aliphatic carbocycles. The van der Waals surface area contributed by atoms with Crippen LogP contribution >= 0.6 is 0 Å². The van der Waals surface area contributed by atoms with E-state index < -0.39 is 34.6 Å². The summed E-state index contributed by atoms with van der Waals surface area (Å²) >= 11 is 0. The number of rotatable bonds is 3. The van der Waals surface area contributed by atoms with Crippen molar-refractivity contribution < 1.29 is 59.3 Å². The Morgan fingerprint density at radius 1 is 0.875 bits per heavy atom. The van der Waals surface area contributed by atoms with Gasteiger partial charge in [0.1, 0.15) is 0 Å². The van der Waals surface area contributed by atoms with Crippen molar-refractivity contribution in [1.29, 1.82) is 0 Å². The molecule has 6 nitrogen and oxygen atoms in total. The topological polar surface area (TPSA) is 115 Å². The van der Waals surface area contributed by atoms with Gasteiger partial charge in [-0.15, -0.1) is 0 Å². The summed E-state index contributed by atoms with van der Waals surface area (Å²) in [5.41, 5.74) is -1.30. The third-order valence-corrected chi connectivity index (χ3v) is 1.66. The van der Waals surface area contributed by atoms with Gasteiger partial charge in [0.25, 0.3) is 0 Å². The van der Waals surface area contributed by atoms with Crippen LogP contribution in [0.4, 0.5) is 0 Å². The van der Waals surface area contributed by atoms with E-state index >= 15 is 0 Å². The molecule has 0 saturated heterocycles. The molecule has 0 saturated carbocycles. The summed E-state index contributed by atoms with van der Waals surface area (Å²) in [4.78, 5) is 31.5. The van der Waals surface area contributed by atoms with Crippen molar-refractivity contribution in [3.8, 4) is 0 Å². The smallest absolute Gasteiger partial charge is 0.545 e. The maximum Gasteiger partial charge on any atom is 1.00 e. The molecule has 0 amide bonds. The maximum absolute atomic E-state index is 10.5. The first-order valence-electron chi connectivity index (χ1n) is 3.75. The Labute approximate surface area is 112 Å². The minimum absolute atomic E-state index is 0. The number of carbonyl (C=O) groups excluding carboxylic acids is 1. The Bertz CT molecular complexity index is 374. The van der Waals surface area contributed by atoms with Gasteiger partial charge in [-0.2, -0.15) is 0 Å². The Morgan fingerprint density at radius 3 is 1.44 bits per heavy atom. The van der Waals surface area contributed by atoms with E-state index in [-0.39, 0.29) is 29.6 Å². The van der Waals surface area contributed by atoms with Crippen molar-refractivity contribution in [2.45, 2.75) is 0 Å². The maximum atomic E-state index is 10.5. The molecule has 1 aromatic carbocycles. The van der Waals surface area contributed by atoms with E-state index in [4.69, 9.17) is 10.2 Å². The van der Waals surface area contributed by atoms with Crippen molar-refractivity contribution in [3.05, 3.63) is 34.9 Å². The summed E-state index contributed by atoms with van der Waals surface area (Å²) in [6.45, 7) is 0. The number of benzene rings is 1. The van der Waals surface area contributed by atoms with Crippen molar-refractivity contribution in [3.63, 3.8) is 0 Å². The third-order valence-electron chi connectivity index (χ3n) is 1.66. The zero-order valence-corrected chi connectivity index (χ0v) is 10.3. The van der Waals surface area contributed by atoms with Gasteiger partial charge in [0.15, 0.2) is 0 Å². The molecule has 7 heteroatoms. The second-order valence-corrected chi connectivity index (χ2v) is 2.70. The van der Waals surface area contributed by atoms with Gasteiger partial charge in [0, 0.05) is 0 Å². The molecule has 0 spiro atoms. The standard InChI is InChI=1S/C9H6O6.Na/c10-7(11)4-1-5(8(12)13)3-6(2-4)9(14)15;/h1-3H,(H,10,11)(H,12,13)(H,14,15);/q;+1/p-1. The van der Waals surface area contributed by atoms with Crippen molar-refractivity contribution in [2.75, 3.05) is 0 Å². The number of hydrogen-bond acceptors (Lipinski definition) is 4. The Hall–Kier alpha value is -1.37. The molecule has 78 valence electrons. The molecule has 0 aromatic heterocycles. The summed E-state index contributed by atoms with van der Waals surface area (Å²) in [5.74, 6) is -4.43. The van der Waals surface area contributed by atoms with Crippen LogP contribution < -0.4 is 34.7 Å². The van der Waals surface area contributed by atoms with Gasteiger partial charge in [0.05, 0.1) is 17.1 Å². The van der Waals surface area contributed by atoms with Crippen LogP contribution in [0.25, 0.3) is 0 Å². The zero-order chi connectivity index (χ0) is 11.6. The first-order chi connectivity index (χ1) is 6.91. The predicted molar refractivity (Wildman–Crippen MR) is 44.7 cm³/mol. The molecule has 0 aliphatic rings. The van der Waals surface area contributed by atoms with Gasteiger partial charge >= 0.3 is 41.5 Å². The minimum atomic E-state index is -1.62. The van der Waals surface area contributed by atoms with Crippen LogP contribution in [0.1, 0.15) is 31.1 Å². The van der Waals surface area contributed by atoms with Crippen LogP contribution in [0.15, 0.2) is 18.2 Å². The van der Waals surface area contributed by atoms with Crippen LogP contribution in [0.2, 0.25) is 0 Å². The van der Waals surface area contributed by atoms with Crippen molar-refractivity contribution in [2.24, 2.45) is 0 Å². The Morgan fingerprint density at radius 2 is 1.19 bits per heavy atom. The summed E-state index contributed by atoms with van der Waals surface area (Å²) < 4.78 is 0. The average Bonchev–Trinajstić information content (AvgIpc) is 2.16. The molecule has 0 atom stereocenters. The van der Waals surface area contributed by atoms with Crippen molar-refractivity contribution >= 4 is 17.9 Å². The Kier molecular flexibility index (Phi) is 5.16. The predicted octanol–water partition coefficient (Wildman–Crippen LogP) is -3.55. The molecule has 2 N–H and O–H groups in total. The summed E-state index contributed by atoms with van der Waals surface area (Å²) in [7, 11) is 0. The molecule has 0 unspecified atom stereocenters. The van der Waals surface area contributed by atoms with E-state index in [0.717, 1.165) is 18.2 Å². The molecule has 16 heavy (non-hydrogen) atoms. The number of carboxylic acid groups (broad SMARTS) is 3. The normalized spacial score (nSPS) is 9.00. The summed E-state index contributed by atoms with van der Waals surface area (Å²) in [5, 5.41) is 27.6. The van der Waals surface area contributed by atoms with Gasteiger partial charge in [0.2, 0.25) is 0 Å². The number of aromatic carboxylic acids is 3. The van der Waals surface area contributed by atoms with Crippen LogP contribution in [-0.2, 0) is 0 Å². The summed E-state index contributed by atoms with van der Waals surface area (Å²) in [6.07, 6.45) is 0. The molecule has 1 aromatic rings. The molecular weight excluding hydrogens is 227 g/mol. The van der Waals surface area contributed by atoms with Crippen LogP contribution in [0, 0.1) is 0 Å². The molecular formula is C9H5NaO6. The number of hydrogen-bond donors (Lipinski definition) is 2. The van der Waals surface area contributed by atoms with E-state index in [1.807, 2.05) is 0 Å². The van der Waals surface area contributed by atoms with E-state index in [1.165, 1.54) is 0 Å². The molecule has 0 heterocycles. The quantitative estimate of drug-likeness (QED) is 0.521. The minimum Gasteiger partial charge on any atom is -0.545 e. The SMILES string of the molecule is O=C([O-])c1cc(C(=O)O)cc(C(=O)O)c1.[Na+]. The first-order valence-corrected chi connectivity index (χ1v) is 3.75. The van der Waals surface area contributed by atoms with Crippen LogP contribution in [0.3, 0.4) is 0 Å². The number of carboxylic acids is 3. The average molecular weight is 232 g/mol. The van der Waals surface area contributed by atoms with E-state index in [0.29, 0.717) is 0 Å². The van der Waals surface area contributed by atoms with Gasteiger partial charge in [-0.3, -0.25) is 0 Å². The summed E-state index contributed by atoms with van der Waals surface area (Å²) in [6, 6.07) is 2.55.